The van der Waals surface area contributed by atoms with Crippen molar-refractivity contribution < 1.29 is 9.21 Å². The maximum atomic E-state index is 13.1. The van der Waals surface area contributed by atoms with Crippen molar-refractivity contribution in [2.24, 2.45) is 5.92 Å². The maximum absolute atomic E-state index is 13.1. The number of oxazole rings is 1. The zero-order chi connectivity index (χ0) is 19.3. The van der Waals surface area contributed by atoms with Gasteiger partial charge in [-0.15, -0.1) is 12.4 Å². The van der Waals surface area contributed by atoms with Crippen LogP contribution in [0.3, 0.4) is 0 Å². The van der Waals surface area contributed by atoms with Crippen LogP contribution < -0.4 is 15.5 Å². The van der Waals surface area contributed by atoms with E-state index < -0.39 is 0 Å². The monoisotopic (exact) mass is 419 g/mol. The summed E-state index contributed by atoms with van der Waals surface area (Å²) in [6.45, 7) is 9.43. The predicted octanol–water partition coefficient (Wildman–Crippen LogP) is 2.26. The molecule has 29 heavy (non-hydrogen) atoms. The number of nitrogens with zero attached hydrogens (tertiary/aromatic N) is 3. The number of rotatable bonds is 3. The lowest BCUT2D eigenvalue weighted by molar-refractivity contribution is 0.0621. The molecule has 4 aliphatic rings. The van der Waals surface area contributed by atoms with Crippen LogP contribution in [-0.4, -0.2) is 66.6 Å². The second kappa shape index (κ2) is 8.13. The summed E-state index contributed by atoms with van der Waals surface area (Å²) in [6, 6.07) is 7.07. The summed E-state index contributed by atoms with van der Waals surface area (Å²) >= 11 is 0. The van der Waals surface area contributed by atoms with Crippen LogP contribution in [0, 0.1) is 5.92 Å². The number of piperidine rings is 3. The smallest absolute Gasteiger partial charge is 0.298 e. The van der Waals surface area contributed by atoms with Crippen LogP contribution in [-0.2, 0) is 0 Å². The fourth-order valence-corrected chi connectivity index (χ4v) is 5.11. The van der Waals surface area contributed by atoms with Crippen molar-refractivity contribution in [1.29, 1.82) is 0 Å². The van der Waals surface area contributed by atoms with Gasteiger partial charge in [-0.25, -0.2) is 0 Å². The van der Waals surface area contributed by atoms with Gasteiger partial charge in [-0.3, -0.25) is 4.79 Å². The number of hydrogen-bond donors (Lipinski definition) is 2. The molecular weight excluding hydrogens is 390 g/mol. The number of fused-ring (bicyclic) bond motifs is 4. The Labute approximate surface area is 177 Å². The van der Waals surface area contributed by atoms with Crippen molar-refractivity contribution in [3.05, 3.63) is 23.8 Å². The van der Waals surface area contributed by atoms with E-state index in [-0.39, 0.29) is 24.4 Å². The highest BCUT2D eigenvalue weighted by Crippen LogP contribution is 2.30. The molecule has 3 atom stereocenters. The molecule has 4 fully saturated rings. The normalized spacial score (nSPS) is 31.5. The number of aromatic nitrogens is 1. The average molecular weight is 420 g/mol. The minimum atomic E-state index is -0.0365. The molecular formula is C21H30ClN5O2. The van der Waals surface area contributed by atoms with Gasteiger partial charge < -0.3 is 24.9 Å². The Morgan fingerprint density at radius 3 is 2.59 bits per heavy atom. The van der Waals surface area contributed by atoms with Gasteiger partial charge in [0.15, 0.2) is 5.58 Å². The maximum Gasteiger partial charge on any atom is 0.298 e. The Hall–Kier alpha value is -1.83. The second-order valence-corrected chi connectivity index (χ2v) is 8.63. The molecule has 0 radical (unpaired) electrons. The molecule has 2 aromatic rings. The molecule has 2 N–H and O–H groups in total. The molecule has 8 heteroatoms. The summed E-state index contributed by atoms with van der Waals surface area (Å²) in [6.07, 6.45) is 2.37. The van der Waals surface area contributed by atoms with E-state index in [9.17, 15) is 4.79 Å². The lowest BCUT2D eigenvalue weighted by Gasteiger charge is -2.44. The molecule has 4 aliphatic heterocycles. The Bertz CT molecular complexity index is 869. The molecule has 0 aliphatic carbocycles. The number of benzene rings is 1. The van der Waals surface area contributed by atoms with Gasteiger partial charge in [-0.2, -0.15) is 4.98 Å². The number of carbonyl (C=O) groups excluding carboxylic acids is 1. The van der Waals surface area contributed by atoms with Gasteiger partial charge in [0.1, 0.15) is 5.52 Å². The fraction of sp³-hybridized carbons (Fsp3) is 0.619. The van der Waals surface area contributed by atoms with E-state index in [1.54, 1.807) is 0 Å². The number of hydrogen-bond acceptors (Lipinski definition) is 6. The molecule has 0 saturated carbocycles. The first kappa shape index (κ1) is 20.4. The lowest BCUT2D eigenvalue weighted by Crippen LogP contribution is -2.57. The van der Waals surface area contributed by atoms with E-state index in [1.165, 1.54) is 25.9 Å². The van der Waals surface area contributed by atoms with Crippen molar-refractivity contribution in [2.45, 2.75) is 44.8 Å². The first-order valence-electron chi connectivity index (χ1n) is 10.5. The Kier molecular flexibility index (Phi) is 5.73. The Morgan fingerprint density at radius 2 is 1.93 bits per heavy atom. The summed E-state index contributed by atoms with van der Waals surface area (Å²) in [4.78, 5) is 22.5. The van der Waals surface area contributed by atoms with Gasteiger partial charge in [0.05, 0.1) is 5.56 Å². The van der Waals surface area contributed by atoms with E-state index in [0.29, 0.717) is 40.7 Å². The number of anilines is 1. The molecule has 5 heterocycles. The first-order valence-corrected chi connectivity index (χ1v) is 10.5. The van der Waals surface area contributed by atoms with E-state index in [2.05, 4.69) is 34.3 Å². The van der Waals surface area contributed by atoms with Gasteiger partial charge in [0.2, 0.25) is 0 Å². The van der Waals surface area contributed by atoms with Crippen LogP contribution >= 0.6 is 12.4 Å². The third kappa shape index (κ3) is 3.71. The summed E-state index contributed by atoms with van der Waals surface area (Å²) in [5.74, 6) is 0.564. The summed E-state index contributed by atoms with van der Waals surface area (Å²) in [5.41, 5.74) is 1.95. The standard InChI is InChI=1S/C21H29N5O2.ClH/c1-13-10-22-11-14(2)26(13)21-24-19-16(4-3-5-18(19)28-21)20(27)23-17-12-25-8-6-15(17)7-9-25;/h3-5,13-15,17,22H,6-12H2,1-2H3,(H,23,27);1H. The van der Waals surface area contributed by atoms with Crippen LogP contribution in [0.5, 0.6) is 0 Å². The third-order valence-electron chi connectivity index (χ3n) is 6.68. The topological polar surface area (TPSA) is 73.6 Å². The van der Waals surface area contributed by atoms with E-state index in [0.717, 1.165) is 19.6 Å². The van der Waals surface area contributed by atoms with Crippen LogP contribution in [0.4, 0.5) is 6.01 Å². The first-order chi connectivity index (χ1) is 13.6. The highest BCUT2D eigenvalue weighted by atomic mass is 35.5. The molecule has 0 spiro atoms. The quantitative estimate of drug-likeness (QED) is 0.795. The number of piperazine rings is 1. The highest BCUT2D eigenvalue weighted by molar-refractivity contribution is 6.04. The van der Waals surface area contributed by atoms with Crippen molar-refractivity contribution >= 4 is 35.4 Å². The molecule has 1 aromatic carbocycles. The van der Waals surface area contributed by atoms with Crippen molar-refractivity contribution in [3.8, 4) is 0 Å². The zero-order valence-electron chi connectivity index (χ0n) is 17.1. The molecule has 6 rings (SSSR count). The van der Waals surface area contributed by atoms with Gasteiger partial charge in [0, 0.05) is 37.8 Å². The minimum absolute atomic E-state index is 0. The molecule has 158 valence electrons. The number of para-hydroxylation sites is 1. The zero-order valence-corrected chi connectivity index (χ0v) is 17.9. The van der Waals surface area contributed by atoms with Crippen LogP contribution in [0.2, 0.25) is 0 Å². The summed E-state index contributed by atoms with van der Waals surface area (Å²) < 4.78 is 6.08. The van der Waals surface area contributed by atoms with Crippen LogP contribution in [0.15, 0.2) is 22.6 Å². The minimum Gasteiger partial charge on any atom is -0.423 e. The van der Waals surface area contributed by atoms with Crippen molar-refractivity contribution in [3.63, 3.8) is 0 Å². The number of halogens is 1. The average Bonchev–Trinajstić information content (AvgIpc) is 3.12. The Morgan fingerprint density at radius 1 is 1.21 bits per heavy atom. The van der Waals surface area contributed by atoms with E-state index in [1.807, 2.05) is 18.2 Å². The van der Waals surface area contributed by atoms with Crippen LogP contribution in [0.25, 0.3) is 11.1 Å². The fourth-order valence-electron chi connectivity index (χ4n) is 5.11. The number of amides is 1. The largest absolute Gasteiger partial charge is 0.423 e. The molecule has 3 unspecified atom stereocenters. The molecule has 1 amide bonds. The van der Waals surface area contributed by atoms with Gasteiger partial charge >= 0.3 is 0 Å². The van der Waals surface area contributed by atoms with Gasteiger partial charge in [0.25, 0.3) is 11.9 Å². The van der Waals surface area contributed by atoms with E-state index >= 15 is 0 Å². The molecule has 1 aromatic heterocycles. The summed E-state index contributed by atoms with van der Waals surface area (Å²) in [7, 11) is 0. The van der Waals surface area contributed by atoms with Crippen molar-refractivity contribution in [2.75, 3.05) is 37.6 Å². The van der Waals surface area contributed by atoms with Crippen LogP contribution in [0.1, 0.15) is 37.0 Å². The van der Waals surface area contributed by atoms with Gasteiger partial charge in [-0.05, 0) is 57.8 Å². The molecule has 2 bridgehead atoms. The van der Waals surface area contributed by atoms with Gasteiger partial charge in [-0.1, -0.05) is 6.07 Å². The molecule has 7 nitrogen and oxygen atoms in total. The summed E-state index contributed by atoms with van der Waals surface area (Å²) in [5, 5.41) is 6.71. The third-order valence-corrected chi connectivity index (χ3v) is 6.68. The van der Waals surface area contributed by atoms with Crippen molar-refractivity contribution in [1.82, 2.24) is 20.5 Å². The predicted molar refractivity (Wildman–Crippen MR) is 116 cm³/mol. The van der Waals surface area contributed by atoms with E-state index in [4.69, 9.17) is 9.40 Å². The highest BCUT2D eigenvalue weighted by Gasteiger charge is 2.35. The molecule has 4 saturated heterocycles. The number of carbonyl (C=O) groups is 1. The lowest BCUT2D eigenvalue weighted by atomic mass is 9.84. The second-order valence-electron chi connectivity index (χ2n) is 8.63. The number of nitrogens with one attached hydrogen (secondary N) is 2. The SMILES string of the molecule is CC1CNCC(C)N1c1nc2c(C(=O)NC3CN4CCC3CC4)cccc2o1.Cl. The Balaban J connectivity index is 0.00000205.